The van der Waals surface area contributed by atoms with Crippen LogP contribution in [0, 0.1) is 0 Å². The molecule has 0 aliphatic carbocycles. The smallest absolute Gasteiger partial charge is 0.253 e. The Hall–Kier alpha value is -3.12. The van der Waals surface area contributed by atoms with Gasteiger partial charge in [0.25, 0.3) is 5.91 Å². The Labute approximate surface area is 150 Å². The quantitative estimate of drug-likeness (QED) is 0.562. The standard InChI is InChI=1S/C20H20N4O2/c1-26-11-10-24-13-15(14-6-2-5-9-18(14)24)20(25)21-12-19-22-16-7-3-4-8-17(16)23-19/h2-9,13H,10-12H2,1H3,(H,21,25)(H,22,23). The Morgan fingerprint density at radius 1 is 1.19 bits per heavy atom. The van der Waals surface area contributed by atoms with E-state index in [1.54, 1.807) is 7.11 Å². The van der Waals surface area contributed by atoms with Gasteiger partial charge in [-0.25, -0.2) is 4.98 Å². The number of methoxy groups -OCH3 is 1. The minimum absolute atomic E-state index is 0.113. The summed E-state index contributed by atoms with van der Waals surface area (Å²) in [6, 6.07) is 15.7. The maximum Gasteiger partial charge on any atom is 0.253 e. The molecule has 0 saturated carbocycles. The maximum atomic E-state index is 12.7. The monoisotopic (exact) mass is 348 g/mol. The van der Waals surface area contributed by atoms with Crippen LogP contribution in [0.5, 0.6) is 0 Å². The second kappa shape index (κ2) is 7.01. The molecule has 2 aromatic carbocycles. The molecule has 1 amide bonds. The van der Waals surface area contributed by atoms with Gasteiger partial charge in [-0.15, -0.1) is 0 Å². The normalized spacial score (nSPS) is 11.3. The highest BCUT2D eigenvalue weighted by atomic mass is 16.5. The maximum absolute atomic E-state index is 12.7. The van der Waals surface area contributed by atoms with E-state index in [2.05, 4.69) is 19.9 Å². The Bertz CT molecular complexity index is 1030. The SMILES string of the molecule is COCCn1cc(C(=O)NCc2nc3ccccc3[nH]2)c2ccccc21. The first-order valence-electron chi connectivity index (χ1n) is 8.55. The fourth-order valence-electron chi connectivity index (χ4n) is 3.15. The van der Waals surface area contributed by atoms with Gasteiger partial charge in [0.15, 0.2) is 0 Å². The number of hydrogen-bond acceptors (Lipinski definition) is 3. The Balaban J connectivity index is 1.55. The highest BCUT2D eigenvalue weighted by Gasteiger charge is 2.15. The van der Waals surface area contributed by atoms with Gasteiger partial charge >= 0.3 is 0 Å². The zero-order valence-electron chi connectivity index (χ0n) is 14.5. The molecule has 0 atom stereocenters. The fraction of sp³-hybridized carbons (Fsp3) is 0.200. The van der Waals surface area contributed by atoms with E-state index in [-0.39, 0.29) is 5.91 Å². The van der Waals surface area contributed by atoms with Crippen LogP contribution < -0.4 is 5.32 Å². The van der Waals surface area contributed by atoms with Crippen molar-refractivity contribution in [1.29, 1.82) is 0 Å². The molecule has 0 aliphatic heterocycles. The second-order valence-corrected chi connectivity index (χ2v) is 6.13. The number of aromatic nitrogens is 3. The molecule has 6 nitrogen and oxygen atoms in total. The molecule has 0 spiro atoms. The number of hydrogen-bond donors (Lipinski definition) is 2. The lowest BCUT2D eigenvalue weighted by Crippen LogP contribution is -2.23. The summed E-state index contributed by atoms with van der Waals surface area (Å²) >= 11 is 0. The second-order valence-electron chi connectivity index (χ2n) is 6.13. The molecule has 0 fully saturated rings. The van der Waals surface area contributed by atoms with Crippen LogP contribution in [-0.4, -0.2) is 34.2 Å². The van der Waals surface area contributed by atoms with Crippen LogP contribution in [0.2, 0.25) is 0 Å². The van der Waals surface area contributed by atoms with E-state index in [0.29, 0.717) is 25.3 Å². The number of imidazole rings is 1. The minimum atomic E-state index is -0.113. The molecule has 0 radical (unpaired) electrons. The van der Waals surface area contributed by atoms with Crippen molar-refractivity contribution >= 4 is 27.8 Å². The van der Waals surface area contributed by atoms with E-state index >= 15 is 0 Å². The van der Waals surface area contributed by atoms with Crippen LogP contribution in [0.1, 0.15) is 16.2 Å². The molecular weight excluding hydrogens is 328 g/mol. The van der Waals surface area contributed by atoms with Crippen LogP contribution >= 0.6 is 0 Å². The van der Waals surface area contributed by atoms with Crippen LogP contribution in [0.25, 0.3) is 21.9 Å². The van der Waals surface area contributed by atoms with Gasteiger partial charge in [0.2, 0.25) is 0 Å². The number of nitrogens with zero attached hydrogens (tertiary/aromatic N) is 2. The molecular formula is C20H20N4O2. The van der Waals surface area contributed by atoms with Gasteiger partial charge in [0.05, 0.1) is 29.7 Å². The summed E-state index contributed by atoms with van der Waals surface area (Å²) in [5.74, 6) is 0.625. The van der Waals surface area contributed by atoms with Gasteiger partial charge in [-0.05, 0) is 18.2 Å². The van der Waals surface area contributed by atoms with E-state index in [1.807, 2.05) is 54.7 Å². The van der Waals surface area contributed by atoms with Gasteiger partial charge in [-0.1, -0.05) is 30.3 Å². The minimum Gasteiger partial charge on any atom is -0.383 e. The molecule has 2 aromatic heterocycles. The van der Waals surface area contributed by atoms with Gasteiger partial charge in [0, 0.05) is 30.8 Å². The first-order chi connectivity index (χ1) is 12.8. The molecule has 0 bridgehead atoms. The fourth-order valence-corrected chi connectivity index (χ4v) is 3.15. The summed E-state index contributed by atoms with van der Waals surface area (Å²) < 4.78 is 7.22. The Morgan fingerprint density at radius 2 is 2.00 bits per heavy atom. The number of benzene rings is 2. The molecule has 132 valence electrons. The summed E-state index contributed by atoms with van der Waals surface area (Å²) in [4.78, 5) is 20.5. The van der Waals surface area contributed by atoms with E-state index in [9.17, 15) is 4.79 Å². The van der Waals surface area contributed by atoms with Crippen LogP contribution in [0.15, 0.2) is 54.7 Å². The number of carbonyl (C=O) groups is 1. The third-order valence-corrected chi connectivity index (χ3v) is 4.42. The van der Waals surface area contributed by atoms with Gasteiger partial charge in [0.1, 0.15) is 5.82 Å². The molecule has 0 saturated heterocycles. The third kappa shape index (κ3) is 3.07. The Kier molecular flexibility index (Phi) is 4.41. The number of aromatic amines is 1. The summed E-state index contributed by atoms with van der Waals surface area (Å²) in [6.07, 6.45) is 1.89. The van der Waals surface area contributed by atoms with Crippen LogP contribution in [0.4, 0.5) is 0 Å². The summed E-state index contributed by atoms with van der Waals surface area (Å²) in [5, 5.41) is 3.90. The summed E-state index contributed by atoms with van der Waals surface area (Å²) in [5.41, 5.74) is 3.55. The lowest BCUT2D eigenvalue weighted by Gasteiger charge is -2.03. The highest BCUT2D eigenvalue weighted by Crippen LogP contribution is 2.21. The molecule has 0 aliphatic rings. The predicted octanol–water partition coefficient (Wildman–Crippen LogP) is 3.09. The van der Waals surface area contributed by atoms with E-state index in [4.69, 9.17) is 4.74 Å². The van der Waals surface area contributed by atoms with Crippen LogP contribution in [0.3, 0.4) is 0 Å². The van der Waals surface area contributed by atoms with Crippen molar-refractivity contribution in [3.05, 3.63) is 66.1 Å². The molecule has 2 N–H and O–H groups in total. The average Bonchev–Trinajstić information content (AvgIpc) is 3.25. The molecule has 2 heterocycles. The van der Waals surface area contributed by atoms with E-state index in [0.717, 1.165) is 27.8 Å². The lowest BCUT2D eigenvalue weighted by molar-refractivity contribution is 0.0951. The van der Waals surface area contributed by atoms with Gasteiger partial charge < -0.3 is 19.6 Å². The molecule has 0 unspecified atom stereocenters. The molecule has 26 heavy (non-hydrogen) atoms. The van der Waals surface area contributed by atoms with Crippen molar-refractivity contribution in [2.75, 3.05) is 13.7 Å². The zero-order valence-corrected chi connectivity index (χ0v) is 14.5. The number of carbonyl (C=O) groups excluding carboxylic acids is 1. The Morgan fingerprint density at radius 3 is 2.85 bits per heavy atom. The van der Waals surface area contributed by atoms with Crippen molar-refractivity contribution in [1.82, 2.24) is 19.9 Å². The zero-order chi connectivity index (χ0) is 17.9. The van der Waals surface area contributed by atoms with Crippen molar-refractivity contribution in [3.63, 3.8) is 0 Å². The number of para-hydroxylation sites is 3. The average molecular weight is 348 g/mol. The summed E-state index contributed by atoms with van der Waals surface area (Å²) in [7, 11) is 1.67. The van der Waals surface area contributed by atoms with Crippen molar-refractivity contribution in [2.45, 2.75) is 13.1 Å². The number of H-pyrrole nitrogens is 1. The number of fused-ring (bicyclic) bond motifs is 2. The van der Waals surface area contributed by atoms with Crippen molar-refractivity contribution < 1.29 is 9.53 Å². The largest absolute Gasteiger partial charge is 0.383 e. The van der Waals surface area contributed by atoms with Crippen LogP contribution in [-0.2, 0) is 17.8 Å². The van der Waals surface area contributed by atoms with Gasteiger partial charge in [-0.3, -0.25) is 4.79 Å². The molecule has 6 heteroatoms. The number of rotatable bonds is 6. The first-order valence-corrected chi connectivity index (χ1v) is 8.55. The van der Waals surface area contributed by atoms with E-state index in [1.165, 1.54) is 0 Å². The predicted molar refractivity (Wildman–Crippen MR) is 101 cm³/mol. The molecule has 4 rings (SSSR count). The third-order valence-electron chi connectivity index (χ3n) is 4.42. The number of nitrogens with one attached hydrogen (secondary N) is 2. The first kappa shape index (κ1) is 16.4. The van der Waals surface area contributed by atoms with Crippen molar-refractivity contribution in [3.8, 4) is 0 Å². The molecule has 4 aromatic rings. The van der Waals surface area contributed by atoms with Crippen molar-refractivity contribution in [2.24, 2.45) is 0 Å². The van der Waals surface area contributed by atoms with E-state index < -0.39 is 0 Å². The highest BCUT2D eigenvalue weighted by molar-refractivity contribution is 6.07. The number of ether oxygens (including phenoxy) is 1. The lowest BCUT2D eigenvalue weighted by atomic mass is 10.1. The number of amides is 1. The van der Waals surface area contributed by atoms with Gasteiger partial charge in [-0.2, -0.15) is 0 Å². The topological polar surface area (TPSA) is 71.9 Å². The summed E-state index contributed by atoms with van der Waals surface area (Å²) in [6.45, 7) is 1.65.